The molecule has 0 radical (unpaired) electrons. The summed E-state index contributed by atoms with van der Waals surface area (Å²) in [4.78, 5) is 12.0. The minimum Gasteiger partial charge on any atom is -0.484 e. The summed E-state index contributed by atoms with van der Waals surface area (Å²) in [5.41, 5.74) is 0.694. The van der Waals surface area contributed by atoms with Gasteiger partial charge >= 0.3 is 0 Å². The molecule has 0 saturated carbocycles. The largest absolute Gasteiger partial charge is 0.484 e. The average molecular weight is 456 g/mol. The van der Waals surface area contributed by atoms with Gasteiger partial charge in [-0.3, -0.25) is 4.79 Å². The Hall–Kier alpha value is -2.47. The lowest BCUT2D eigenvalue weighted by Gasteiger charge is -2.10. The number of sulfonamides is 2. The van der Waals surface area contributed by atoms with Crippen molar-refractivity contribution in [3.05, 3.63) is 54.1 Å². The number of rotatable bonds is 10. The summed E-state index contributed by atoms with van der Waals surface area (Å²) in [5, 5.41) is 7.67. The van der Waals surface area contributed by atoms with Gasteiger partial charge in [-0.05, 0) is 47.9 Å². The second kappa shape index (κ2) is 10.0. The van der Waals surface area contributed by atoms with Gasteiger partial charge in [-0.25, -0.2) is 26.7 Å². The van der Waals surface area contributed by atoms with Crippen molar-refractivity contribution in [1.29, 1.82) is 0 Å². The highest BCUT2D eigenvalue weighted by atomic mass is 32.2. The van der Waals surface area contributed by atoms with Crippen molar-refractivity contribution in [2.24, 2.45) is 11.1 Å². The van der Waals surface area contributed by atoms with Crippen molar-refractivity contribution >= 4 is 26.0 Å². The maximum Gasteiger partial charge on any atom is 0.258 e. The van der Waals surface area contributed by atoms with Crippen molar-refractivity contribution < 1.29 is 26.4 Å². The Labute approximate surface area is 176 Å². The minimum absolute atomic E-state index is 0.00854. The number of carbonyl (C=O) groups is 1. The third kappa shape index (κ3) is 7.41. The molecule has 0 fully saturated rings. The van der Waals surface area contributed by atoms with Crippen LogP contribution in [-0.2, 0) is 31.4 Å². The van der Waals surface area contributed by atoms with Gasteiger partial charge < -0.3 is 10.1 Å². The fourth-order valence-corrected chi connectivity index (χ4v) is 4.00. The van der Waals surface area contributed by atoms with Crippen LogP contribution >= 0.6 is 0 Å². The molecule has 4 N–H and O–H groups in total. The van der Waals surface area contributed by atoms with Crippen molar-refractivity contribution in [2.75, 3.05) is 13.2 Å². The minimum atomic E-state index is -3.76. The van der Waals surface area contributed by atoms with Crippen LogP contribution in [0.4, 0.5) is 0 Å². The van der Waals surface area contributed by atoms with Crippen LogP contribution in [0.2, 0.25) is 0 Å². The monoisotopic (exact) mass is 455 g/mol. The Kier molecular flexibility index (Phi) is 7.96. The normalized spacial score (nSPS) is 12.0. The van der Waals surface area contributed by atoms with E-state index < -0.39 is 20.0 Å². The van der Waals surface area contributed by atoms with Gasteiger partial charge in [-0.2, -0.15) is 0 Å². The average Bonchev–Trinajstić information content (AvgIpc) is 2.69. The molecule has 2 aromatic carbocycles. The summed E-state index contributed by atoms with van der Waals surface area (Å²) >= 11 is 0. The Morgan fingerprint density at radius 3 is 2.07 bits per heavy atom. The lowest BCUT2D eigenvalue weighted by Crippen LogP contribution is -2.28. The number of benzene rings is 2. The molecule has 0 heterocycles. The van der Waals surface area contributed by atoms with E-state index in [1.165, 1.54) is 36.4 Å². The summed E-state index contributed by atoms with van der Waals surface area (Å²) in [6.45, 7) is 4.08. The fraction of sp³-hybridized carbons (Fsp3) is 0.316. The zero-order chi connectivity index (χ0) is 22.4. The molecule has 0 spiro atoms. The molecule has 0 atom stereocenters. The lowest BCUT2D eigenvalue weighted by atomic mass is 10.2. The summed E-state index contributed by atoms with van der Waals surface area (Å²) in [6.07, 6.45) is 0. The predicted molar refractivity (Wildman–Crippen MR) is 112 cm³/mol. The second-order valence-electron chi connectivity index (χ2n) is 6.97. The highest BCUT2D eigenvalue weighted by Gasteiger charge is 2.14. The summed E-state index contributed by atoms with van der Waals surface area (Å²) in [5.74, 6) is 0.152. The molecule has 0 aromatic heterocycles. The maximum absolute atomic E-state index is 12.2. The van der Waals surface area contributed by atoms with Gasteiger partial charge in [0.25, 0.3) is 5.91 Å². The van der Waals surface area contributed by atoms with Crippen molar-refractivity contribution in [3.63, 3.8) is 0 Å². The number of amides is 1. The molecule has 0 aliphatic rings. The van der Waals surface area contributed by atoms with E-state index in [-0.39, 0.29) is 34.8 Å². The number of hydrogen-bond donors (Lipinski definition) is 3. The van der Waals surface area contributed by atoms with E-state index >= 15 is 0 Å². The zero-order valence-electron chi connectivity index (χ0n) is 16.7. The molecular weight excluding hydrogens is 430 g/mol. The van der Waals surface area contributed by atoms with Crippen molar-refractivity contribution in [2.45, 2.75) is 30.2 Å². The number of hydrogen-bond acceptors (Lipinski definition) is 6. The molecule has 1 amide bonds. The van der Waals surface area contributed by atoms with E-state index in [9.17, 15) is 21.6 Å². The first-order valence-electron chi connectivity index (χ1n) is 9.08. The first-order chi connectivity index (χ1) is 14.0. The Morgan fingerprint density at radius 1 is 0.967 bits per heavy atom. The van der Waals surface area contributed by atoms with E-state index in [1.807, 2.05) is 13.8 Å². The molecule has 11 heteroatoms. The third-order valence-corrected chi connectivity index (χ3v) is 6.30. The van der Waals surface area contributed by atoms with Crippen LogP contribution in [0.3, 0.4) is 0 Å². The van der Waals surface area contributed by atoms with Crippen LogP contribution in [0, 0.1) is 5.92 Å². The molecule has 30 heavy (non-hydrogen) atoms. The van der Waals surface area contributed by atoms with Crippen LogP contribution in [0.1, 0.15) is 19.4 Å². The van der Waals surface area contributed by atoms with Crippen molar-refractivity contribution in [1.82, 2.24) is 10.0 Å². The molecule has 0 unspecified atom stereocenters. The van der Waals surface area contributed by atoms with Gasteiger partial charge in [0, 0.05) is 13.1 Å². The van der Waals surface area contributed by atoms with Gasteiger partial charge in [0.1, 0.15) is 5.75 Å². The first-order valence-corrected chi connectivity index (χ1v) is 12.1. The highest BCUT2D eigenvalue weighted by Crippen LogP contribution is 2.16. The third-order valence-electron chi connectivity index (χ3n) is 3.93. The van der Waals surface area contributed by atoms with Gasteiger partial charge in [-0.15, -0.1) is 0 Å². The van der Waals surface area contributed by atoms with E-state index in [0.29, 0.717) is 17.9 Å². The van der Waals surface area contributed by atoms with Crippen molar-refractivity contribution in [3.8, 4) is 5.75 Å². The lowest BCUT2D eigenvalue weighted by molar-refractivity contribution is -0.123. The standard InChI is InChI=1S/C19H25N3O6S2/c1-14(2)11-22-30(26,27)18-9-5-16(6-10-18)28-13-19(23)21-12-15-3-7-17(8-4-15)29(20,24)25/h3-10,14,22H,11-13H2,1-2H3,(H,21,23)(H2,20,24,25). The Morgan fingerprint density at radius 2 is 1.53 bits per heavy atom. The van der Waals surface area contributed by atoms with E-state index in [1.54, 1.807) is 12.1 Å². The van der Waals surface area contributed by atoms with Gasteiger partial charge in [-0.1, -0.05) is 26.0 Å². The van der Waals surface area contributed by atoms with Crippen LogP contribution in [0.15, 0.2) is 58.3 Å². The van der Waals surface area contributed by atoms with E-state index in [4.69, 9.17) is 9.88 Å². The summed E-state index contributed by atoms with van der Waals surface area (Å²) < 4.78 is 54.6. The van der Waals surface area contributed by atoms with Gasteiger partial charge in [0.15, 0.2) is 6.61 Å². The zero-order valence-corrected chi connectivity index (χ0v) is 18.3. The Bertz CT molecular complexity index is 1060. The number of ether oxygens (including phenoxy) is 1. The topological polar surface area (TPSA) is 145 Å². The number of nitrogens with one attached hydrogen (secondary N) is 2. The smallest absolute Gasteiger partial charge is 0.258 e. The van der Waals surface area contributed by atoms with Gasteiger partial charge in [0.05, 0.1) is 9.79 Å². The molecule has 2 rings (SSSR count). The van der Waals surface area contributed by atoms with Crippen LogP contribution in [0.25, 0.3) is 0 Å². The quantitative estimate of drug-likeness (QED) is 0.487. The molecule has 9 nitrogen and oxygen atoms in total. The molecule has 0 saturated heterocycles. The molecule has 0 bridgehead atoms. The Balaban J connectivity index is 1.83. The van der Waals surface area contributed by atoms with Crippen LogP contribution in [-0.4, -0.2) is 35.9 Å². The number of carbonyl (C=O) groups excluding carboxylic acids is 1. The fourth-order valence-electron chi connectivity index (χ4n) is 2.27. The summed E-state index contributed by atoms with van der Waals surface area (Å²) in [7, 11) is -7.34. The molecule has 164 valence electrons. The van der Waals surface area contributed by atoms with Gasteiger partial charge in [0.2, 0.25) is 20.0 Å². The predicted octanol–water partition coefficient (Wildman–Crippen LogP) is 0.964. The van der Waals surface area contributed by atoms with E-state index in [2.05, 4.69) is 10.0 Å². The first kappa shape index (κ1) is 23.8. The maximum atomic E-state index is 12.2. The SMILES string of the molecule is CC(C)CNS(=O)(=O)c1ccc(OCC(=O)NCc2ccc(S(N)(=O)=O)cc2)cc1. The summed E-state index contributed by atoms with van der Waals surface area (Å²) in [6, 6.07) is 11.6. The highest BCUT2D eigenvalue weighted by molar-refractivity contribution is 7.89. The second-order valence-corrected chi connectivity index (χ2v) is 10.3. The van der Waals surface area contributed by atoms with Crippen LogP contribution in [0.5, 0.6) is 5.75 Å². The molecule has 0 aliphatic heterocycles. The van der Waals surface area contributed by atoms with E-state index in [0.717, 1.165) is 0 Å². The van der Waals surface area contributed by atoms with Crippen LogP contribution < -0.4 is 19.9 Å². The number of primary sulfonamides is 1. The molecular formula is C19H25N3O6S2. The molecule has 0 aliphatic carbocycles. The molecule has 2 aromatic rings. The number of nitrogens with two attached hydrogens (primary N) is 1.